The molecule has 0 aromatic carbocycles. The van der Waals surface area contributed by atoms with Crippen molar-refractivity contribution < 1.29 is 9.84 Å². The summed E-state index contributed by atoms with van der Waals surface area (Å²) in [6, 6.07) is 0. The third kappa shape index (κ3) is 2.69. The lowest BCUT2D eigenvalue weighted by molar-refractivity contribution is -0.0440. The van der Waals surface area contributed by atoms with E-state index in [0.717, 1.165) is 32.1 Å². The van der Waals surface area contributed by atoms with Crippen molar-refractivity contribution in [2.75, 3.05) is 6.61 Å². The Morgan fingerprint density at radius 1 is 1.36 bits per heavy atom. The topological polar surface area (TPSA) is 29.5 Å². The SMILES string of the molecule is C=CCC1(CC=C)CCC(CCO)O1. The highest BCUT2D eigenvalue weighted by molar-refractivity contribution is 4.97. The Kier molecular flexibility index (Phi) is 4.36. The van der Waals surface area contributed by atoms with E-state index < -0.39 is 0 Å². The number of aliphatic hydroxyl groups excluding tert-OH is 1. The minimum atomic E-state index is -0.0800. The van der Waals surface area contributed by atoms with Crippen LogP contribution in [0.3, 0.4) is 0 Å². The lowest BCUT2D eigenvalue weighted by Gasteiger charge is -2.27. The van der Waals surface area contributed by atoms with E-state index in [-0.39, 0.29) is 18.3 Å². The van der Waals surface area contributed by atoms with Crippen molar-refractivity contribution >= 4 is 0 Å². The maximum atomic E-state index is 8.84. The largest absolute Gasteiger partial charge is 0.396 e. The predicted molar refractivity (Wildman–Crippen MR) is 58.2 cm³/mol. The van der Waals surface area contributed by atoms with Crippen molar-refractivity contribution in [3.05, 3.63) is 25.3 Å². The fraction of sp³-hybridized carbons (Fsp3) is 0.667. The molecule has 1 N–H and O–H groups in total. The molecule has 1 rings (SSSR count). The molecule has 0 amide bonds. The summed E-state index contributed by atoms with van der Waals surface area (Å²) in [7, 11) is 0. The summed E-state index contributed by atoms with van der Waals surface area (Å²) in [6.45, 7) is 7.73. The Bertz CT molecular complexity index is 188. The van der Waals surface area contributed by atoms with Crippen molar-refractivity contribution in [3.8, 4) is 0 Å². The normalized spacial score (nSPS) is 24.8. The molecule has 0 bridgehead atoms. The van der Waals surface area contributed by atoms with Crippen LogP contribution in [0.5, 0.6) is 0 Å². The van der Waals surface area contributed by atoms with Gasteiger partial charge in [-0.15, -0.1) is 13.2 Å². The first-order valence-electron chi connectivity index (χ1n) is 5.27. The van der Waals surface area contributed by atoms with Crippen LogP contribution in [0.1, 0.15) is 32.1 Å². The fourth-order valence-corrected chi connectivity index (χ4v) is 2.15. The Hall–Kier alpha value is -0.600. The molecule has 0 aliphatic carbocycles. The van der Waals surface area contributed by atoms with Gasteiger partial charge in [-0.05, 0) is 32.1 Å². The highest BCUT2D eigenvalue weighted by Crippen LogP contribution is 2.37. The highest BCUT2D eigenvalue weighted by atomic mass is 16.5. The van der Waals surface area contributed by atoms with Gasteiger partial charge >= 0.3 is 0 Å². The van der Waals surface area contributed by atoms with Gasteiger partial charge in [-0.3, -0.25) is 0 Å². The molecule has 0 saturated carbocycles. The molecule has 1 aliphatic rings. The molecule has 1 aliphatic heterocycles. The maximum absolute atomic E-state index is 8.84. The van der Waals surface area contributed by atoms with E-state index in [9.17, 15) is 0 Å². The van der Waals surface area contributed by atoms with Gasteiger partial charge in [-0.2, -0.15) is 0 Å². The van der Waals surface area contributed by atoms with Crippen LogP contribution in [0.15, 0.2) is 25.3 Å². The fourth-order valence-electron chi connectivity index (χ4n) is 2.15. The first-order chi connectivity index (χ1) is 6.76. The first kappa shape index (κ1) is 11.5. The Balaban J connectivity index is 2.53. The van der Waals surface area contributed by atoms with Crippen LogP contribution in [0.25, 0.3) is 0 Å². The molecule has 2 nitrogen and oxygen atoms in total. The minimum absolute atomic E-state index is 0.0800. The average Bonchev–Trinajstić information content (AvgIpc) is 2.51. The van der Waals surface area contributed by atoms with Crippen molar-refractivity contribution in [1.29, 1.82) is 0 Å². The highest BCUT2D eigenvalue weighted by Gasteiger charge is 2.37. The minimum Gasteiger partial charge on any atom is -0.396 e. The second-order valence-corrected chi connectivity index (χ2v) is 3.96. The molecule has 0 aromatic heterocycles. The Labute approximate surface area is 86.3 Å². The van der Waals surface area contributed by atoms with Crippen molar-refractivity contribution in [1.82, 2.24) is 0 Å². The van der Waals surface area contributed by atoms with Crippen LogP contribution in [-0.2, 0) is 4.74 Å². The second-order valence-electron chi connectivity index (χ2n) is 3.96. The zero-order valence-electron chi connectivity index (χ0n) is 8.74. The summed E-state index contributed by atoms with van der Waals surface area (Å²) >= 11 is 0. The van der Waals surface area contributed by atoms with Gasteiger partial charge in [-0.1, -0.05) is 12.2 Å². The van der Waals surface area contributed by atoms with Gasteiger partial charge < -0.3 is 9.84 Å². The summed E-state index contributed by atoms with van der Waals surface area (Å²) in [5.41, 5.74) is -0.0800. The molecular weight excluding hydrogens is 176 g/mol. The van der Waals surface area contributed by atoms with E-state index in [1.54, 1.807) is 0 Å². The van der Waals surface area contributed by atoms with Crippen LogP contribution in [0, 0.1) is 0 Å². The number of ether oxygens (including phenoxy) is 1. The number of hydrogen-bond donors (Lipinski definition) is 1. The van der Waals surface area contributed by atoms with E-state index in [1.165, 1.54) is 0 Å². The lowest BCUT2D eigenvalue weighted by atomic mass is 9.92. The zero-order valence-corrected chi connectivity index (χ0v) is 8.74. The smallest absolute Gasteiger partial charge is 0.0755 e. The number of rotatable bonds is 6. The van der Waals surface area contributed by atoms with Crippen LogP contribution in [-0.4, -0.2) is 23.4 Å². The van der Waals surface area contributed by atoms with E-state index in [4.69, 9.17) is 9.84 Å². The van der Waals surface area contributed by atoms with Gasteiger partial charge in [0.15, 0.2) is 0 Å². The van der Waals surface area contributed by atoms with E-state index >= 15 is 0 Å². The van der Waals surface area contributed by atoms with Crippen LogP contribution in [0.4, 0.5) is 0 Å². The van der Waals surface area contributed by atoms with Crippen molar-refractivity contribution in [3.63, 3.8) is 0 Å². The van der Waals surface area contributed by atoms with Crippen LogP contribution >= 0.6 is 0 Å². The summed E-state index contributed by atoms with van der Waals surface area (Å²) in [6.07, 6.45) is 8.63. The standard InChI is InChI=1S/C12H20O2/c1-3-7-12(8-4-2)9-5-11(14-12)6-10-13/h3-4,11,13H,1-2,5-10H2. The number of hydrogen-bond acceptors (Lipinski definition) is 2. The molecule has 1 heterocycles. The number of aliphatic hydroxyl groups is 1. The molecule has 0 aromatic rings. The third-order valence-electron chi connectivity index (χ3n) is 2.82. The van der Waals surface area contributed by atoms with Gasteiger partial charge in [0.1, 0.15) is 0 Å². The van der Waals surface area contributed by atoms with Crippen LogP contribution in [0.2, 0.25) is 0 Å². The molecule has 0 radical (unpaired) electrons. The summed E-state index contributed by atoms with van der Waals surface area (Å²) < 4.78 is 5.97. The molecule has 1 unspecified atom stereocenters. The molecular formula is C12H20O2. The van der Waals surface area contributed by atoms with E-state index in [0.29, 0.717) is 0 Å². The molecule has 1 fully saturated rings. The molecule has 1 saturated heterocycles. The van der Waals surface area contributed by atoms with Gasteiger partial charge in [-0.25, -0.2) is 0 Å². The Morgan fingerprint density at radius 2 is 2.00 bits per heavy atom. The quantitative estimate of drug-likeness (QED) is 0.661. The van der Waals surface area contributed by atoms with Gasteiger partial charge in [0.2, 0.25) is 0 Å². The summed E-state index contributed by atoms with van der Waals surface area (Å²) in [5, 5.41) is 8.84. The zero-order chi connectivity index (χ0) is 10.4. The van der Waals surface area contributed by atoms with Gasteiger partial charge in [0.25, 0.3) is 0 Å². The molecule has 1 atom stereocenters. The predicted octanol–water partition coefficient (Wildman–Crippen LogP) is 2.44. The summed E-state index contributed by atoms with van der Waals surface area (Å²) in [5.74, 6) is 0. The molecule has 0 spiro atoms. The molecule has 80 valence electrons. The maximum Gasteiger partial charge on any atom is 0.0755 e. The Morgan fingerprint density at radius 3 is 2.50 bits per heavy atom. The van der Waals surface area contributed by atoms with Gasteiger partial charge in [0.05, 0.1) is 11.7 Å². The van der Waals surface area contributed by atoms with Crippen molar-refractivity contribution in [2.24, 2.45) is 0 Å². The first-order valence-corrected chi connectivity index (χ1v) is 5.27. The molecule has 14 heavy (non-hydrogen) atoms. The lowest BCUT2D eigenvalue weighted by Crippen LogP contribution is -2.28. The van der Waals surface area contributed by atoms with Crippen molar-refractivity contribution in [2.45, 2.75) is 43.8 Å². The second kappa shape index (κ2) is 5.32. The van der Waals surface area contributed by atoms with Gasteiger partial charge in [0, 0.05) is 6.61 Å². The summed E-state index contributed by atoms with van der Waals surface area (Å²) in [4.78, 5) is 0. The van der Waals surface area contributed by atoms with Crippen LogP contribution < -0.4 is 0 Å². The molecule has 2 heteroatoms. The van der Waals surface area contributed by atoms with E-state index in [1.807, 2.05) is 12.2 Å². The average molecular weight is 196 g/mol. The monoisotopic (exact) mass is 196 g/mol. The van der Waals surface area contributed by atoms with E-state index in [2.05, 4.69) is 13.2 Å². The third-order valence-corrected chi connectivity index (χ3v) is 2.82.